The Morgan fingerprint density at radius 1 is 1.36 bits per heavy atom. The molecule has 22 heavy (non-hydrogen) atoms. The lowest BCUT2D eigenvalue weighted by Crippen LogP contribution is -2.40. The minimum atomic E-state index is -3.48. The Bertz CT molecular complexity index is 750. The molecule has 0 aromatic heterocycles. The Hall–Kier alpha value is -1.67. The van der Waals surface area contributed by atoms with Crippen LogP contribution < -0.4 is 11.5 Å². The first kappa shape index (κ1) is 15.2. The molecule has 0 spiro atoms. The molecule has 0 radical (unpaired) electrons. The van der Waals surface area contributed by atoms with E-state index in [4.69, 9.17) is 16.2 Å². The van der Waals surface area contributed by atoms with Gasteiger partial charge < -0.3 is 16.2 Å². The Labute approximate surface area is 128 Å². The summed E-state index contributed by atoms with van der Waals surface area (Å²) in [5, 5.41) is -0.747. The number of rotatable bonds is 1. The number of sulfone groups is 1. The minimum Gasteiger partial charge on any atom is -0.399 e. The van der Waals surface area contributed by atoms with Crippen LogP contribution in [0.2, 0.25) is 0 Å². The first-order chi connectivity index (χ1) is 10.2. The molecular formula is C14H18FN3O3S. The summed E-state index contributed by atoms with van der Waals surface area (Å²) < 4.78 is 44.5. The minimum absolute atomic E-state index is 0.0151. The molecule has 1 aromatic carbocycles. The van der Waals surface area contributed by atoms with Crippen LogP contribution >= 0.6 is 0 Å². The third kappa shape index (κ3) is 2.26. The summed E-state index contributed by atoms with van der Waals surface area (Å²) in [5.41, 5.74) is 11.0. The summed E-state index contributed by atoms with van der Waals surface area (Å²) in [6.45, 7) is 1.95. The summed E-state index contributed by atoms with van der Waals surface area (Å²) in [6.07, 6.45) is 0. The Morgan fingerprint density at radius 3 is 2.82 bits per heavy atom. The van der Waals surface area contributed by atoms with Gasteiger partial charge in [-0.05, 0) is 25.1 Å². The number of nitrogens with two attached hydrogens (primary N) is 2. The molecule has 2 aliphatic heterocycles. The molecule has 3 rings (SSSR count). The van der Waals surface area contributed by atoms with Gasteiger partial charge in [0.15, 0.2) is 9.84 Å². The van der Waals surface area contributed by atoms with Crippen molar-refractivity contribution in [1.29, 1.82) is 0 Å². The van der Waals surface area contributed by atoms with Gasteiger partial charge in [0.1, 0.15) is 17.4 Å². The first-order valence-corrected chi connectivity index (χ1v) is 8.64. The number of hydrogen-bond donors (Lipinski definition) is 2. The van der Waals surface area contributed by atoms with E-state index in [1.54, 1.807) is 6.92 Å². The van der Waals surface area contributed by atoms with Crippen LogP contribution in [0, 0.1) is 11.7 Å². The lowest BCUT2D eigenvalue weighted by atomic mass is 9.79. The van der Waals surface area contributed by atoms with E-state index in [0.29, 0.717) is 5.69 Å². The zero-order chi connectivity index (χ0) is 16.1. The van der Waals surface area contributed by atoms with Crippen molar-refractivity contribution in [2.75, 3.05) is 24.7 Å². The molecule has 4 N–H and O–H groups in total. The van der Waals surface area contributed by atoms with Gasteiger partial charge in [0.25, 0.3) is 0 Å². The van der Waals surface area contributed by atoms with Gasteiger partial charge >= 0.3 is 0 Å². The summed E-state index contributed by atoms with van der Waals surface area (Å²) in [7, 11) is -3.48. The van der Waals surface area contributed by atoms with E-state index in [1.165, 1.54) is 18.2 Å². The normalized spacial score (nSPS) is 33.8. The molecule has 120 valence electrons. The van der Waals surface area contributed by atoms with Crippen molar-refractivity contribution in [3.05, 3.63) is 29.6 Å². The number of fused-ring (bicyclic) bond motifs is 1. The number of hydrogen-bond acceptors (Lipinski definition) is 6. The molecule has 6 nitrogen and oxygen atoms in total. The molecule has 3 atom stereocenters. The fraction of sp³-hybridized carbons (Fsp3) is 0.500. The van der Waals surface area contributed by atoms with E-state index in [1.807, 2.05) is 0 Å². The third-order valence-corrected chi connectivity index (χ3v) is 6.56. The maximum absolute atomic E-state index is 14.4. The Kier molecular flexibility index (Phi) is 3.41. The number of ether oxygens (including phenoxy) is 1. The first-order valence-electron chi connectivity index (χ1n) is 6.93. The molecule has 0 amide bonds. The van der Waals surface area contributed by atoms with Gasteiger partial charge in [-0.2, -0.15) is 0 Å². The number of anilines is 1. The maximum Gasteiger partial charge on any atom is 0.163 e. The highest BCUT2D eigenvalue weighted by atomic mass is 32.2. The quantitative estimate of drug-likeness (QED) is 0.727. The molecule has 8 heteroatoms. The lowest BCUT2D eigenvalue weighted by Gasteiger charge is -2.33. The van der Waals surface area contributed by atoms with Crippen LogP contribution in [0.25, 0.3) is 0 Å². The van der Waals surface area contributed by atoms with Crippen molar-refractivity contribution in [2.45, 2.75) is 17.7 Å². The van der Waals surface area contributed by atoms with Crippen LogP contribution in [0.15, 0.2) is 23.2 Å². The SMILES string of the molecule is CC1(c2cc(N)ccc2F)N=C(N)CS(=O)(=O)C2COCC21. The van der Waals surface area contributed by atoms with E-state index in [2.05, 4.69) is 4.99 Å². The predicted octanol–water partition coefficient (Wildman–Crippen LogP) is 0.424. The van der Waals surface area contributed by atoms with Crippen molar-refractivity contribution in [3.63, 3.8) is 0 Å². The van der Waals surface area contributed by atoms with Gasteiger partial charge in [-0.1, -0.05) is 0 Å². The van der Waals surface area contributed by atoms with E-state index in [0.717, 1.165) is 0 Å². The molecule has 2 heterocycles. The van der Waals surface area contributed by atoms with E-state index in [9.17, 15) is 12.8 Å². The van der Waals surface area contributed by atoms with Crippen LogP contribution in [0.1, 0.15) is 12.5 Å². The van der Waals surface area contributed by atoms with Crippen molar-refractivity contribution < 1.29 is 17.5 Å². The topological polar surface area (TPSA) is 108 Å². The van der Waals surface area contributed by atoms with Crippen molar-refractivity contribution >= 4 is 21.4 Å². The van der Waals surface area contributed by atoms with Gasteiger partial charge in [0, 0.05) is 17.2 Å². The molecule has 0 aliphatic carbocycles. The van der Waals surface area contributed by atoms with Gasteiger partial charge in [-0.15, -0.1) is 0 Å². The summed E-state index contributed by atoms with van der Waals surface area (Å²) in [6, 6.07) is 4.19. The van der Waals surface area contributed by atoms with Crippen LogP contribution in [0.4, 0.5) is 10.1 Å². The summed E-state index contributed by atoms with van der Waals surface area (Å²) >= 11 is 0. The van der Waals surface area contributed by atoms with Crippen molar-refractivity contribution in [1.82, 2.24) is 0 Å². The highest BCUT2D eigenvalue weighted by molar-refractivity contribution is 7.92. The molecule has 1 saturated heterocycles. The molecule has 1 fully saturated rings. The van der Waals surface area contributed by atoms with Crippen molar-refractivity contribution in [2.24, 2.45) is 16.6 Å². The standard InChI is InChI=1S/C14H18FN3O3S/c1-14(9-4-8(16)2-3-11(9)15)10-5-21-6-12(10)22(19,20)7-13(17)18-14/h2-4,10,12H,5-7,16H2,1H3,(H2,17,18). The van der Waals surface area contributed by atoms with Crippen LogP contribution in [-0.2, 0) is 20.1 Å². The van der Waals surface area contributed by atoms with Crippen LogP contribution in [0.3, 0.4) is 0 Å². The second-order valence-corrected chi connectivity index (χ2v) is 8.20. The second kappa shape index (κ2) is 4.92. The van der Waals surface area contributed by atoms with E-state index < -0.39 is 32.4 Å². The third-order valence-electron chi connectivity index (χ3n) is 4.47. The smallest absolute Gasteiger partial charge is 0.163 e. The highest BCUT2D eigenvalue weighted by Crippen LogP contribution is 2.44. The Morgan fingerprint density at radius 2 is 2.09 bits per heavy atom. The lowest BCUT2D eigenvalue weighted by molar-refractivity contribution is 0.166. The monoisotopic (exact) mass is 327 g/mol. The summed E-state index contributed by atoms with van der Waals surface area (Å²) in [4.78, 5) is 4.36. The largest absolute Gasteiger partial charge is 0.399 e. The average molecular weight is 327 g/mol. The van der Waals surface area contributed by atoms with Crippen LogP contribution in [-0.4, -0.2) is 38.5 Å². The van der Waals surface area contributed by atoms with Crippen molar-refractivity contribution in [3.8, 4) is 0 Å². The Balaban J connectivity index is 2.22. The average Bonchev–Trinajstić information content (AvgIpc) is 2.88. The number of nitrogen functional groups attached to an aromatic ring is 1. The second-order valence-electron chi connectivity index (χ2n) is 5.98. The van der Waals surface area contributed by atoms with Gasteiger partial charge in [-0.25, -0.2) is 12.8 Å². The molecular weight excluding hydrogens is 309 g/mol. The van der Waals surface area contributed by atoms with Gasteiger partial charge in [-0.3, -0.25) is 4.99 Å². The molecule has 3 unspecified atom stereocenters. The number of benzene rings is 1. The number of aliphatic imine (C=N–C) groups is 1. The summed E-state index contributed by atoms with van der Waals surface area (Å²) in [5.74, 6) is -1.34. The number of amidine groups is 1. The highest BCUT2D eigenvalue weighted by Gasteiger charge is 2.52. The fourth-order valence-corrected chi connectivity index (χ4v) is 5.17. The van der Waals surface area contributed by atoms with Crippen LogP contribution in [0.5, 0.6) is 0 Å². The van der Waals surface area contributed by atoms with Gasteiger partial charge in [0.2, 0.25) is 0 Å². The fourth-order valence-electron chi connectivity index (χ4n) is 3.33. The molecule has 1 aromatic rings. The molecule has 0 bridgehead atoms. The predicted molar refractivity (Wildman–Crippen MR) is 81.7 cm³/mol. The van der Waals surface area contributed by atoms with E-state index >= 15 is 0 Å². The number of nitrogens with zero attached hydrogens (tertiary/aromatic N) is 1. The zero-order valence-corrected chi connectivity index (χ0v) is 12.9. The molecule has 0 saturated carbocycles. The molecule has 2 aliphatic rings. The number of halogens is 1. The van der Waals surface area contributed by atoms with Gasteiger partial charge in [0.05, 0.1) is 24.0 Å². The zero-order valence-electron chi connectivity index (χ0n) is 12.1. The van der Waals surface area contributed by atoms with E-state index in [-0.39, 0.29) is 30.4 Å². The maximum atomic E-state index is 14.4.